The van der Waals surface area contributed by atoms with Crippen molar-refractivity contribution in [2.45, 2.75) is 32.9 Å². The molecule has 0 aromatic carbocycles. The van der Waals surface area contributed by atoms with Crippen molar-refractivity contribution < 1.29 is 28.6 Å². The zero-order chi connectivity index (χ0) is 17.4. The highest BCUT2D eigenvalue weighted by atomic mass is 16.6. The average molecular weight is 326 g/mol. The molecule has 0 radical (unpaired) electrons. The molecule has 2 amide bonds. The first-order valence-electron chi connectivity index (χ1n) is 7.27. The third-order valence-electron chi connectivity index (χ3n) is 3.02. The minimum Gasteiger partial charge on any atom is -0.463 e. The van der Waals surface area contributed by atoms with Crippen molar-refractivity contribution in [3.8, 4) is 0 Å². The van der Waals surface area contributed by atoms with Gasteiger partial charge >= 0.3 is 18.0 Å². The summed E-state index contributed by atoms with van der Waals surface area (Å²) in [5.41, 5.74) is 0.419. The summed E-state index contributed by atoms with van der Waals surface area (Å²) in [5.74, 6) is -1.18. The van der Waals surface area contributed by atoms with Crippen LogP contribution in [0.25, 0.3) is 0 Å². The predicted molar refractivity (Wildman–Crippen MR) is 81.4 cm³/mol. The van der Waals surface area contributed by atoms with Crippen LogP contribution >= 0.6 is 0 Å². The van der Waals surface area contributed by atoms with Gasteiger partial charge in [-0.1, -0.05) is 6.08 Å². The standard InChI is InChI=1S/C15H22N2O6/c1-5-7-22-10(4)13(18)23-8-11-12(14(19)21-6-2)9(3)16-15(20)17-11/h5,9-10H,1,6-8H2,2-4H3,(H2,16,17,20). The third kappa shape index (κ3) is 5.41. The van der Waals surface area contributed by atoms with Gasteiger partial charge in [0.2, 0.25) is 0 Å². The molecule has 0 aromatic heterocycles. The van der Waals surface area contributed by atoms with Crippen LogP contribution in [0, 0.1) is 0 Å². The van der Waals surface area contributed by atoms with E-state index >= 15 is 0 Å². The molecule has 128 valence electrons. The van der Waals surface area contributed by atoms with Gasteiger partial charge in [-0.3, -0.25) is 0 Å². The third-order valence-corrected chi connectivity index (χ3v) is 3.02. The van der Waals surface area contributed by atoms with Gasteiger partial charge in [-0.15, -0.1) is 6.58 Å². The molecule has 0 spiro atoms. The van der Waals surface area contributed by atoms with E-state index in [1.54, 1.807) is 13.8 Å². The Kier molecular flexibility index (Phi) is 7.27. The van der Waals surface area contributed by atoms with Crippen molar-refractivity contribution in [2.24, 2.45) is 0 Å². The lowest BCUT2D eigenvalue weighted by Crippen LogP contribution is -2.50. The first-order valence-corrected chi connectivity index (χ1v) is 7.27. The molecule has 1 aliphatic rings. The summed E-state index contributed by atoms with van der Waals surface area (Å²) in [6, 6.07) is -1.03. The van der Waals surface area contributed by atoms with Crippen LogP contribution in [0.5, 0.6) is 0 Å². The first kappa shape index (κ1) is 18.7. The van der Waals surface area contributed by atoms with Crippen LogP contribution in [0.4, 0.5) is 4.79 Å². The summed E-state index contributed by atoms with van der Waals surface area (Å²) in [7, 11) is 0. The SMILES string of the molecule is C=CCOC(C)C(=O)OCC1=C(C(=O)OCC)C(C)NC(=O)N1. The van der Waals surface area contributed by atoms with Crippen LogP contribution in [0.15, 0.2) is 23.9 Å². The molecule has 8 nitrogen and oxygen atoms in total. The summed E-state index contributed by atoms with van der Waals surface area (Å²) in [6.07, 6.45) is 0.731. The van der Waals surface area contributed by atoms with Crippen molar-refractivity contribution >= 4 is 18.0 Å². The number of hydrogen-bond donors (Lipinski definition) is 2. The van der Waals surface area contributed by atoms with E-state index in [2.05, 4.69) is 17.2 Å². The van der Waals surface area contributed by atoms with Crippen molar-refractivity contribution in [3.63, 3.8) is 0 Å². The van der Waals surface area contributed by atoms with Crippen LogP contribution < -0.4 is 10.6 Å². The molecule has 8 heteroatoms. The number of esters is 2. The molecule has 0 saturated carbocycles. The molecule has 1 aliphatic heterocycles. The van der Waals surface area contributed by atoms with E-state index in [4.69, 9.17) is 14.2 Å². The Morgan fingerprint density at radius 2 is 2.09 bits per heavy atom. The van der Waals surface area contributed by atoms with Crippen LogP contribution in [0.3, 0.4) is 0 Å². The zero-order valence-electron chi connectivity index (χ0n) is 13.5. The highest BCUT2D eigenvalue weighted by molar-refractivity contribution is 5.94. The van der Waals surface area contributed by atoms with Gasteiger partial charge < -0.3 is 24.8 Å². The van der Waals surface area contributed by atoms with Crippen LogP contribution in [0.1, 0.15) is 20.8 Å². The van der Waals surface area contributed by atoms with E-state index in [1.807, 2.05) is 0 Å². The second kappa shape index (κ2) is 8.94. The van der Waals surface area contributed by atoms with Gasteiger partial charge in [0.1, 0.15) is 6.61 Å². The van der Waals surface area contributed by atoms with Gasteiger partial charge in [0.25, 0.3) is 0 Å². The van der Waals surface area contributed by atoms with Crippen molar-refractivity contribution in [1.82, 2.24) is 10.6 Å². The fourth-order valence-corrected chi connectivity index (χ4v) is 1.93. The van der Waals surface area contributed by atoms with E-state index < -0.39 is 30.1 Å². The zero-order valence-corrected chi connectivity index (χ0v) is 13.5. The summed E-state index contributed by atoms with van der Waals surface area (Å²) in [4.78, 5) is 35.4. The summed E-state index contributed by atoms with van der Waals surface area (Å²) >= 11 is 0. The molecular weight excluding hydrogens is 304 g/mol. The minimum absolute atomic E-state index is 0.197. The lowest BCUT2D eigenvalue weighted by molar-refractivity contribution is -0.154. The first-order chi connectivity index (χ1) is 10.9. The van der Waals surface area contributed by atoms with E-state index in [9.17, 15) is 14.4 Å². The van der Waals surface area contributed by atoms with Crippen molar-refractivity contribution in [2.75, 3.05) is 19.8 Å². The average Bonchev–Trinajstić information content (AvgIpc) is 2.49. The van der Waals surface area contributed by atoms with Gasteiger partial charge in [-0.2, -0.15) is 0 Å². The Morgan fingerprint density at radius 1 is 1.39 bits per heavy atom. The van der Waals surface area contributed by atoms with E-state index in [0.29, 0.717) is 0 Å². The van der Waals surface area contributed by atoms with Crippen LogP contribution in [-0.2, 0) is 23.8 Å². The maximum Gasteiger partial charge on any atom is 0.338 e. The molecule has 0 aliphatic carbocycles. The van der Waals surface area contributed by atoms with Crippen molar-refractivity contribution in [1.29, 1.82) is 0 Å². The maximum absolute atomic E-state index is 12.0. The maximum atomic E-state index is 12.0. The smallest absolute Gasteiger partial charge is 0.338 e. The molecule has 1 heterocycles. The largest absolute Gasteiger partial charge is 0.463 e. The van der Waals surface area contributed by atoms with E-state index in [0.717, 1.165) is 0 Å². The van der Waals surface area contributed by atoms with Gasteiger partial charge in [0.15, 0.2) is 6.10 Å². The number of hydrogen-bond acceptors (Lipinski definition) is 6. The second-order valence-corrected chi connectivity index (χ2v) is 4.80. The molecular formula is C15H22N2O6. The van der Waals surface area contributed by atoms with Crippen LogP contribution in [-0.4, -0.2) is 49.9 Å². The normalized spacial score (nSPS) is 18.6. The molecule has 1 rings (SSSR count). The van der Waals surface area contributed by atoms with E-state index in [-0.39, 0.29) is 31.1 Å². The number of ether oxygens (including phenoxy) is 3. The van der Waals surface area contributed by atoms with Gasteiger partial charge in [-0.25, -0.2) is 14.4 Å². The Hall–Kier alpha value is -2.35. The lowest BCUT2D eigenvalue weighted by atomic mass is 10.0. The lowest BCUT2D eigenvalue weighted by Gasteiger charge is -2.26. The monoisotopic (exact) mass is 326 g/mol. The van der Waals surface area contributed by atoms with E-state index in [1.165, 1.54) is 13.0 Å². The highest BCUT2D eigenvalue weighted by Gasteiger charge is 2.30. The molecule has 0 aromatic rings. The fraction of sp³-hybridized carbons (Fsp3) is 0.533. The Bertz CT molecular complexity index is 514. The predicted octanol–water partition coefficient (Wildman–Crippen LogP) is 0.639. The number of urea groups is 1. The highest BCUT2D eigenvalue weighted by Crippen LogP contribution is 2.15. The number of rotatable bonds is 8. The van der Waals surface area contributed by atoms with Crippen molar-refractivity contribution in [3.05, 3.63) is 23.9 Å². The molecule has 0 saturated heterocycles. The summed E-state index contributed by atoms with van der Waals surface area (Å²) in [6.45, 7) is 8.49. The Balaban J connectivity index is 2.80. The molecule has 0 bridgehead atoms. The number of amides is 2. The number of nitrogens with one attached hydrogen (secondary N) is 2. The minimum atomic E-state index is -0.783. The molecule has 2 N–H and O–H groups in total. The molecule has 23 heavy (non-hydrogen) atoms. The fourth-order valence-electron chi connectivity index (χ4n) is 1.93. The Labute approximate surface area is 134 Å². The molecule has 2 atom stereocenters. The van der Waals surface area contributed by atoms with Gasteiger partial charge in [0.05, 0.1) is 30.5 Å². The summed E-state index contributed by atoms with van der Waals surface area (Å²) in [5, 5.41) is 5.02. The number of carbonyl (C=O) groups excluding carboxylic acids is 3. The van der Waals surface area contributed by atoms with Crippen LogP contribution in [0.2, 0.25) is 0 Å². The second-order valence-electron chi connectivity index (χ2n) is 4.80. The number of carbonyl (C=O) groups is 3. The molecule has 0 fully saturated rings. The van der Waals surface area contributed by atoms with Gasteiger partial charge in [-0.05, 0) is 20.8 Å². The summed E-state index contributed by atoms with van der Waals surface area (Å²) < 4.78 is 15.2. The topological polar surface area (TPSA) is 103 Å². The Morgan fingerprint density at radius 3 is 2.70 bits per heavy atom. The molecule has 2 unspecified atom stereocenters. The van der Waals surface area contributed by atoms with Gasteiger partial charge in [0, 0.05) is 0 Å². The quantitative estimate of drug-likeness (QED) is 0.501.